The molecule has 0 bridgehead atoms. The summed E-state index contributed by atoms with van der Waals surface area (Å²) >= 11 is 1.86. The lowest BCUT2D eigenvalue weighted by molar-refractivity contribution is 0.183. The summed E-state index contributed by atoms with van der Waals surface area (Å²) in [4.78, 5) is 1.30. The Kier molecular flexibility index (Phi) is 6.63. The Morgan fingerprint density at radius 1 is 1.18 bits per heavy atom. The van der Waals surface area contributed by atoms with Crippen LogP contribution in [0.15, 0.2) is 35.2 Å². The lowest BCUT2D eigenvalue weighted by atomic mass is 10.1. The summed E-state index contributed by atoms with van der Waals surface area (Å²) in [6, 6.07) is 10.9. The molecule has 0 saturated carbocycles. The molecule has 0 heterocycles. The van der Waals surface area contributed by atoms with E-state index in [2.05, 4.69) is 43.4 Å². The largest absolute Gasteiger partial charge is 0.392 e. The van der Waals surface area contributed by atoms with Crippen molar-refractivity contribution in [2.45, 2.75) is 37.8 Å². The highest BCUT2D eigenvalue weighted by molar-refractivity contribution is 7.99. The Bertz CT molecular complexity index is 300. The van der Waals surface area contributed by atoms with Crippen molar-refractivity contribution >= 4 is 11.8 Å². The van der Waals surface area contributed by atoms with Gasteiger partial charge in [0.15, 0.2) is 0 Å². The topological polar surface area (TPSA) is 32.3 Å². The van der Waals surface area contributed by atoms with E-state index in [0.29, 0.717) is 18.5 Å². The van der Waals surface area contributed by atoms with E-state index in [-0.39, 0.29) is 6.10 Å². The van der Waals surface area contributed by atoms with Crippen molar-refractivity contribution in [3.05, 3.63) is 30.3 Å². The van der Waals surface area contributed by atoms with E-state index in [4.69, 9.17) is 0 Å². The van der Waals surface area contributed by atoms with Gasteiger partial charge in [-0.15, -0.1) is 11.8 Å². The normalized spacial score (nSPS) is 14.9. The Balaban J connectivity index is 2.39. The molecule has 1 aromatic carbocycles. The molecule has 0 aliphatic heterocycles. The molecule has 0 aliphatic carbocycles. The third kappa shape index (κ3) is 6.10. The first-order valence-corrected chi connectivity index (χ1v) is 7.17. The number of aliphatic hydroxyl groups excluding tert-OH is 1. The quantitative estimate of drug-likeness (QED) is 0.733. The molecule has 0 fully saturated rings. The van der Waals surface area contributed by atoms with E-state index in [0.717, 1.165) is 5.75 Å². The lowest BCUT2D eigenvalue weighted by Gasteiger charge is -2.23. The van der Waals surface area contributed by atoms with Crippen LogP contribution in [0.2, 0.25) is 0 Å². The van der Waals surface area contributed by atoms with Crippen LogP contribution < -0.4 is 5.32 Å². The molecule has 96 valence electrons. The molecule has 17 heavy (non-hydrogen) atoms. The SMILES string of the molecule is CC(O)CNC(CSc1ccccc1)C(C)C. The summed E-state index contributed by atoms with van der Waals surface area (Å²) in [5, 5.41) is 12.7. The highest BCUT2D eigenvalue weighted by atomic mass is 32.2. The van der Waals surface area contributed by atoms with Crippen LogP contribution in [-0.2, 0) is 0 Å². The maximum Gasteiger partial charge on any atom is 0.0636 e. The molecule has 2 nitrogen and oxygen atoms in total. The molecule has 1 aromatic rings. The second kappa shape index (κ2) is 7.75. The van der Waals surface area contributed by atoms with Gasteiger partial charge in [0, 0.05) is 23.2 Å². The van der Waals surface area contributed by atoms with Crippen molar-refractivity contribution in [2.75, 3.05) is 12.3 Å². The van der Waals surface area contributed by atoms with Crippen molar-refractivity contribution in [1.29, 1.82) is 0 Å². The van der Waals surface area contributed by atoms with Crippen LogP contribution in [0.4, 0.5) is 0 Å². The summed E-state index contributed by atoms with van der Waals surface area (Å²) in [5.41, 5.74) is 0. The minimum Gasteiger partial charge on any atom is -0.392 e. The van der Waals surface area contributed by atoms with Crippen LogP contribution in [-0.4, -0.2) is 29.5 Å². The van der Waals surface area contributed by atoms with Crippen LogP contribution in [0.3, 0.4) is 0 Å². The molecule has 3 heteroatoms. The number of hydrogen-bond donors (Lipinski definition) is 2. The molecule has 0 aliphatic rings. The fourth-order valence-corrected chi connectivity index (χ4v) is 2.74. The molecule has 2 atom stereocenters. The minimum atomic E-state index is -0.280. The number of aliphatic hydroxyl groups is 1. The second-order valence-corrected chi connectivity index (χ2v) is 5.83. The highest BCUT2D eigenvalue weighted by Crippen LogP contribution is 2.20. The van der Waals surface area contributed by atoms with E-state index in [1.807, 2.05) is 24.8 Å². The van der Waals surface area contributed by atoms with Crippen LogP contribution in [0.1, 0.15) is 20.8 Å². The van der Waals surface area contributed by atoms with Crippen molar-refractivity contribution in [3.8, 4) is 0 Å². The van der Waals surface area contributed by atoms with Crippen LogP contribution >= 0.6 is 11.8 Å². The van der Waals surface area contributed by atoms with Crippen LogP contribution in [0, 0.1) is 5.92 Å². The van der Waals surface area contributed by atoms with Gasteiger partial charge >= 0.3 is 0 Å². The summed E-state index contributed by atoms with van der Waals surface area (Å²) < 4.78 is 0. The Hall–Kier alpha value is -0.510. The smallest absolute Gasteiger partial charge is 0.0636 e. The Morgan fingerprint density at radius 2 is 1.82 bits per heavy atom. The van der Waals surface area contributed by atoms with E-state index >= 15 is 0 Å². The first-order chi connectivity index (χ1) is 8.09. The number of benzene rings is 1. The van der Waals surface area contributed by atoms with Gasteiger partial charge in [-0.3, -0.25) is 0 Å². The summed E-state index contributed by atoms with van der Waals surface area (Å²) in [6.45, 7) is 6.91. The van der Waals surface area contributed by atoms with E-state index in [1.54, 1.807) is 0 Å². The third-order valence-electron chi connectivity index (χ3n) is 2.65. The zero-order valence-corrected chi connectivity index (χ0v) is 11.7. The highest BCUT2D eigenvalue weighted by Gasteiger charge is 2.13. The van der Waals surface area contributed by atoms with Crippen molar-refractivity contribution in [1.82, 2.24) is 5.32 Å². The van der Waals surface area contributed by atoms with Crippen molar-refractivity contribution in [3.63, 3.8) is 0 Å². The first-order valence-electron chi connectivity index (χ1n) is 6.19. The van der Waals surface area contributed by atoms with E-state index < -0.39 is 0 Å². The van der Waals surface area contributed by atoms with Crippen LogP contribution in [0.5, 0.6) is 0 Å². The minimum absolute atomic E-state index is 0.280. The van der Waals surface area contributed by atoms with E-state index in [9.17, 15) is 5.11 Å². The van der Waals surface area contributed by atoms with Gasteiger partial charge < -0.3 is 10.4 Å². The lowest BCUT2D eigenvalue weighted by Crippen LogP contribution is -2.39. The predicted octanol–water partition coefficient (Wildman–Crippen LogP) is 2.77. The van der Waals surface area contributed by atoms with Gasteiger partial charge in [0.1, 0.15) is 0 Å². The van der Waals surface area contributed by atoms with Gasteiger partial charge in [0.25, 0.3) is 0 Å². The zero-order chi connectivity index (χ0) is 12.7. The summed E-state index contributed by atoms with van der Waals surface area (Å²) in [5.74, 6) is 1.61. The molecular weight excluding hydrogens is 230 g/mol. The van der Waals surface area contributed by atoms with Gasteiger partial charge in [0.05, 0.1) is 6.10 Å². The third-order valence-corrected chi connectivity index (χ3v) is 3.78. The van der Waals surface area contributed by atoms with Gasteiger partial charge in [-0.25, -0.2) is 0 Å². The number of rotatable bonds is 7. The summed E-state index contributed by atoms with van der Waals surface area (Å²) in [6.07, 6.45) is -0.280. The average molecular weight is 253 g/mol. The van der Waals surface area contributed by atoms with Crippen LogP contribution in [0.25, 0.3) is 0 Å². The molecule has 0 spiro atoms. The van der Waals surface area contributed by atoms with Gasteiger partial charge in [0.2, 0.25) is 0 Å². The number of hydrogen-bond acceptors (Lipinski definition) is 3. The predicted molar refractivity (Wildman–Crippen MR) is 75.5 cm³/mol. The molecule has 2 N–H and O–H groups in total. The second-order valence-electron chi connectivity index (χ2n) is 4.73. The van der Waals surface area contributed by atoms with Crippen molar-refractivity contribution < 1.29 is 5.11 Å². The molecule has 2 unspecified atom stereocenters. The fourth-order valence-electron chi connectivity index (χ4n) is 1.51. The maximum atomic E-state index is 9.30. The standard InChI is InChI=1S/C14H23NOS/c1-11(2)14(15-9-12(3)16)10-17-13-7-5-4-6-8-13/h4-8,11-12,14-16H,9-10H2,1-3H3. The molecule has 0 aromatic heterocycles. The first kappa shape index (κ1) is 14.6. The molecule has 1 rings (SSSR count). The zero-order valence-electron chi connectivity index (χ0n) is 10.9. The number of thioether (sulfide) groups is 1. The van der Waals surface area contributed by atoms with E-state index in [1.165, 1.54) is 4.90 Å². The van der Waals surface area contributed by atoms with Gasteiger partial charge in [-0.05, 0) is 25.0 Å². The Labute approximate surface area is 109 Å². The van der Waals surface area contributed by atoms with Gasteiger partial charge in [-0.2, -0.15) is 0 Å². The number of nitrogens with one attached hydrogen (secondary N) is 1. The molecular formula is C14H23NOS. The molecule has 0 radical (unpaired) electrons. The summed E-state index contributed by atoms with van der Waals surface area (Å²) in [7, 11) is 0. The van der Waals surface area contributed by atoms with Gasteiger partial charge in [-0.1, -0.05) is 32.0 Å². The molecule has 0 amide bonds. The monoisotopic (exact) mass is 253 g/mol. The maximum absolute atomic E-state index is 9.30. The molecule has 0 saturated heterocycles. The average Bonchev–Trinajstić information content (AvgIpc) is 2.29. The van der Waals surface area contributed by atoms with Crippen molar-refractivity contribution in [2.24, 2.45) is 5.92 Å². The fraction of sp³-hybridized carbons (Fsp3) is 0.571. The Morgan fingerprint density at radius 3 is 2.35 bits per heavy atom.